The first kappa shape index (κ1) is 34.1. The van der Waals surface area contributed by atoms with Gasteiger partial charge in [-0.3, -0.25) is 9.47 Å². The average molecular weight is 764 g/mol. The number of hydrogen-bond donors (Lipinski definition) is 0. The summed E-state index contributed by atoms with van der Waals surface area (Å²) in [5, 5.41) is 6.95. The SMILES string of the molecule is CCC1C(n2c3ccccc3c3ccccc32)=NC(c2cccc3oc4ccc(-c5cccc6oc7c(C8=CCCC=C8)cccc7c56)cc4c23)N1Cc1ccccc1. The van der Waals surface area contributed by atoms with Crippen molar-refractivity contribution >= 4 is 77.1 Å². The van der Waals surface area contributed by atoms with E-state index in [4.69, 9.17) is 13.8 Å². The van der Waals surface area contributed by atoms with Crippen LogP contribution in [0.1, 0.15) is 49.0 Å². The molecular weight excluding hydrogens is 723 g/mol. The Bertz CT molecular complexity index is 3320. The van der Waals surface area contributed by atoms with Crippen LogP contribution in [0.4, 0.5) is 0 Å². The number of aliphatic imine (C=N–C) groups is 1. The van der Waals surface area contributed by atoms with Crippen molar-refractivity contribution in [3.05, 3.63) is 187 Å². The van der Waals surface area contributed by atoms with Crippen LogP contribution in [0.15, 0.2) is 184 Å². The number of benzene rings is 7. The highest BCUT2D eigenvalue weighted by Gasteiger charge is 2.39. The van der Waals surface area contributed by atoms with E-state index in [0.717, 1.165) is 97.8 Å². The largest absolute Gasteiger partial charge is 0.456 e. The molecule has 12 rings (SSSR count). The van der Waals surface area contributed by atoms with Crippen LogP contribution in [0, 0.1) is 0 Å². The minimum Gasteiger partial charge on any atom is -0.456 e. The number of fused-ring (bicyclic) bond motifs is 9. The zero-order chi connectivity index (χ0) is 39.0. The third-order valence-corrected chi connectivity index (χ3v) is 12.6. The van der Waals surface area contributed by atoms with Crippen molar-refractivity contribution in [2.75, 3.05) is 0 Å². The fourth-order valence-corrected chi connectivity index (χ4v) is 10.0. The van der Waals surface area contributed by atoms with Gasteiger partial charge >= 0.3 is 0 Å². The fourth-order valence-electron chi connectivity index (χ4n) is 10.0. The molecule has 5 heteroatoms. The topological polar surface area (TPSA) is 46.8 Å². The van der Waals surface area contributed by atoms with Gasteiger partial charge in [0.2, 0.25) is 0 Å². The Morgan fingerprint density at radius 2 is 1.32 bits per heavy atom. The van der Waals surface area contributed by atoms with Gasteiger partial charge in [0.05, 0.1) is 17.1 Å². The molecule has 0 spiro atoms. The van der Waals surface area contributed by atoms with E-state index >= 15 is 0 Å². The van der Waals surface area contributed by atoms with E-state index in [9.17, 15) is 0 Å². The maximum atomic E-state index is 6.69. The van der Waals surface area contributed by atoms with Crippen LogP contribution in [0.2, 0.25) is 0 Å². The van der Waals surface area contributed by atoms with E-state index in [1.54, 1.807) is 0 Å². The predicted octanol–water partition coefficient (Wildman–Crippen LogP) is 14.2. The summed E-state index contributed by atoms with van der Waals surface area (Å²) >= 11 is 0. The van der Waals surface area contributed by atoms with Gasteiger partial charge < -0.3 is 8.83 Å². The molecule has 59 heavy (non-hydrogen) atoms. The van der Waals surface area contributed by atoms with Gasteiger partial charge in [0, 0.05) is 50.0 Å². The Labute approximate surface area is 341 Å². The number of allylic oxidation sites excluding steroid dienone is 4. The quantitative estimate of drug-likeness (QED) is 0.169. The number of aromatic nitrogens is 1. The van der Waals surface area contributed by atoms with Crippen molar-refractivity contribution in [2.24, 2.45) is 4.99 Å². The zero-order valence-corrected chi connectivity index (χ0v) is 32.8. The van der Waals surface area contributed by atoms with Gasteiger partial charge in [-0.05, 0) is 77.9 Å². The third-order valence-electron chi connectivity index (χ3n) is 12.6. The molecule has 0 bridgehead atoms. The van der Waals surface area contributed by atoms with E-state index < -0.39 is 0 Å². The molecule has 5 nitrogen and oxygen atoms in total. The Morgan fingerprint density at radius 3 is 2.10 bits per heavy atom. The number of nitrogens with zero attached hydrogens (tertiary/aromatic N) is 3. The van der Waals surface area contributed by atoms with Gasteiger partial charge in [0.15, 0.2) is 0 Å². The van der Waals surface area contributed by atoms with Crippen LogP contribution >= 0.6 is 0 Å². The van der Waals surface area contributed by atoms with Gasteiger partial charge in [0.1, 0.15) is 34.3 Å². The molecule has 2 unspecified atom stereocenters. The van der Waals surface area contributed by atoms with Crippen molar-refractivity contribution in [3.8, 4) is 11.1 Å². The summed E-state index contributed by atoms with van der Waals surface area (Å²) < 4.78 is 15.8. The first-order valence-electron chi connectivity index (χ1n) is 20.9. The molecule has 1 aliphatic heterocycles. The van der Waals surface area contributed by atoms with E-state index in [-0.39, 0.29) is 12.2 Å². The van der Waals surface area contributed by atoms with Gasteiger partial charge in [0.25, 0.3) is 0 Å². The normalized spacial score (nSPS) is 17.3. The van der Waals surface area contributed by atoms with Gasteiger partial charge in [-0.25, -0.2) is 4.99 Å². The van der Waals surface area contributed by atoms with E-state index in [1.807, 2.05) is 0 Å². The monoisotopic (exact) mass is 763 g/mol. The second kappa shape index (κ2) is 13.6. The molecule has 1 aliphatic carbocycles. The Kier molecular flexibility index (Phi) is 7.85. The first-order valence-corrected chi connectivity index (χ1v) is 20.9. The summed E-state index contributed by atoms with van der Waals surface area (Å²) in [5.74, 6) is 1.08. The summed E-state index contributed by atoms with van der Waals surface area (Å²) in [5.41, 5.74) is 13.0. The van der Waals surface area contributed by atoms with Crippen molar-refractivity contribution in [1.29, 1.82) is 0 Å². The van der Waals surface area contributed by atoms with E-state index in [2.05, 4.69) is 186 Å². The maximum absolute atomic E-state index is 6.69. The number of rotatable bonds is 6. The lowest BCUT2D eigenvalue weighted by atomic mass is 9.94. The van der Waals surface area contributed by atoms with Gasteiger partial charge in [-0.1, -0.05) is 140 Å². The van der Waals surface area contributed by atoms with E-state index in [0.29, 0.717) is 0 Å². The van der Waals surface area contributed by atoms with Crippen molar-refractivity contribution in [3.63, 3.8) is 0 Å². The molecule has 0 amide bonds. The van der Waals surface area contributed by atoms with Crippen molar-refractivity contribution in [2.45, 2.75) is 44.9 Å². The third kappa shape index (κ3) is 5.31. The lowest BCUT2D eigenvalue weighted by Crippen LogP contribution is -2.38. The highest BCUT2D eigenvalue weighted by Crippen LogP contribution is 2.45. The summed E-state index contributed by atoms with van der Waals surface area (Å²) in [6.07, 6.45) is 9.60. The van der Waals surface area contributed by atoms with Crippen molar-refractivity contribution in [1.82, 2.24) is 9.47 Å². The summed E-state index contributed by atoms with van der Waals surface area (Å²) in [7, 11) is 0. The molecule has 0 radical (unpaired) electrons. The molecule has 0 fully saturated rings. The van der Waals surface area contributed by atoms with Crippen LogP contribution in [0.5, 0.6) is 0 Å². The minimum absolute atomic E-state index is 0.0696. The second-order valence-corrected chi connectivity index (χ2v) is 15.9. The molecule has 2 aliphatic rings. The minimum atomic E-state index is -0.244. The highest BCUT2D eigenvalue weighted by atomic mass is 16.3. The predicted molar refractivity (Wildman–Crippen MR) is 244 cm³/mol. The maximum Gasteiger partial charge on any atom is 0.143 e. The number of furan rings is 2. The average Bonchev–Trinajstić information content (AvgIpc) is 4.05. The highest BCUT2D eigenvalue weighted by molar-refractivity contribution is 6.17. The Morgan fingerprint density at radius 1 is 0.610 bits per heavy atom. The molecule has 7 aromatic carbocycles. The molecule has 0 N–H and O–H groups in total. The number of para-hydroxylation sites is 3. The lowest BCUT2D eigenvalue weighted by molar-refractivity contribution is 0.185. The lowest BCUT2D eigenvalue weighted by Gasteiger charge is -2.30. The molecule has 3 aromatic heterocycles. The molecule has 2 atom stereocenters. The molecular formula is C54H41N3O2. The Balaban J connectivity index is 1.06. The molecule has 4 heterocycles. The smallest absolute Gasteiger partial charge is 0.143 e. The van der Waals surface area contributed by atoms with Crippen LogP contribution in [0.3, 0.4) is 0 Å². The van der Waals surface area contributed by atoms with Crippen molar-refractivity contribution < 1.29 is 8.83 Å². The molecule has 284 valence electrons. The Hall–Kier alpha value is -6.95. The first-order chi connectivity index (χ1) is 29.2. The van der Waals surface area contributed by atoms with Crippen LogP contribution in [0.25, 0.3) is 82.4 Å². The van der Waals surface area contributed by atoms with Gasteiger partial charge in [-0.2, -0.15) is 0 Å². The van der Waals surface area contributed by atoms with Gasteiger partial charge in [-0.15, -0.1) is 0 Å². The second-order valence-electron chi connectivity index (χ2n) is 15.9. The summed E-state index contributed by atoms with van der Waals surface area (Å²) in [6.45, 7) is 3.05. The standard InChI is InChI=1S/C54H41N3O2/c1-2-44-54(57-45-26-11-9-20-39(45)40-21-10-12-27-46(40)57)55-53(56(44)33-34-16-5-3-6-17-34)42-25-15-28-48-51(42)43-32-36(30-31-47(43)58-48)37-22-14-29-49-50(37)41-24-13-23-38(52(41)59-49)35-18-7-4-8-19-35/h3,5-7,9-32,44,53H,2,4,8,33H2,1H3. The molecule has 0 saturated carbocycles. The molecule has 0 saturated heterocycles. The van der Waals surface area contributed by atoms with Crippen LogP contribution in [-0.2, 0) is 6.54 Å². The van der Waals surface area contributed by atoms with Crippen LogP contribution < -0.4 is 0 Å². The molecule has 10 aromatic rings. The summed E-state index contributed by atoms with van der Waals surface area (Å²) in [4.78, 5) is 8.40. The van der Waals surface area contributed by atoms with Crippen LogP contribution in [-0.4, -0.2) is 21.3 Å². The number of hydrogen-bond acceptors (Lipinski definition) is 4. The zero-order valence-electron chi connectivity index (χ0n) is 32.8. The summed E-state index contributed by atoms with van der Waals surface area (Å²) in [6, 6.07) is 54.5. The van der Waals surface area contributed by atoms with E-state index in [1.165, 1.54) is 32.9 Å². The fraction of sp³-hybridized carbons (Fsp3) is 0.130.